The predicted octanol–water partition coefficient (Wildman–Crippen LogP) is 3.02. The Labute approximate surface area is 118 Å². The zero-order chi connectivity index (χ0) is 15.6. The molecule has 0 saturated heterocycles. The molecule has 0 aliphatic rings. The molecule has 2 rings (SSSR count). The van der Waals surface area contributed by atoms with Crippen LogP contribution in [0.15, 0.2) is 36.4 Å². The van der Waals surface area contributed by atoms with Crippen molar-refractivity contribution in [2.45, 2.75) is 12.0 Å². The number of aliphatic hydroxyl groups excluding tert-OH is 1. The first kappa shape index (κ1) is 15.5. The van der Waals surface area contributed by atoms with Crippen LogP contribution >= 0.6 is 0 Å². The van der Waals surface area contributed by atoms with Gasteiger partial charge in [0.2, 0.25) is 0 Å². The van der Waals surface area contributed by atoms with Gasteiger partial charge in [0.15, 0.2) is 0 Å². The largest absolute Gasteiger partial charge is 0.388 e. The van der Waals surface area contributed by atoms with Crippen LogP contribution in [0.2, 0.25) is 0 Å². The third-order valence-corrected chi connectivity index (χ3v) is 3.24. The van der Waals surface area contributed by atoms with E-state index in [1.165, 1.54) is 0 Å². The highest BCUT2D eigenvalue weighted by atomic mass is 19.1. The van der Waals surface area contributed by atoms with Crippen molar-refractivity contribution in [2.75, 3.05) is 6.54 Å². The monoisotopic (exact) mass is 299 g/mol. The minimum Gasteiger partial charge on any atom is -0.388 e. The Balaban J connectivity index is 2.45. The Morgan fingerprint density at radius 2 is 1.48 bits per heavy atom. The molecule has 0 radical (unpaired) electrons. The summed E-state index contributed by atoms with van der Waals surface area (Å²) in [6.45, 7) is -0.238. The summed E-state index contributed by atoms with van der Waals surface area (Å²) in [6.07, 6.45) is -1.66. The van der Waals surface area contributed by atoms with Crippen LogP contribution < -0.4 is 5.73 Å². The van der Waals surface area contributed by atoms with Crippen LogP contribution in [-0.2, 0) is 0 Å². The van der Waals surface area contributed by atoms with Gasteiger partial charge in [-0.2, -0.15) is 0 Å². The number of benzene rings is 2. The lowest BCUT2D eigenvalue weighted by Crippen LogP contribution is -2.22. The minimum absolute atomic E-state index is 0.0325. The van der Waals surface area contributed by atoms with Gasteiger partial charge < -0.3 is 10.8 Å². The summed E-state index contributed by atoms with van der Waals surface area (Å²) < 4.78 is 53.8. The molecule has 0 aromatic heterocycles. The summed E-state index contributed by atoms with van der Waals surface area (Å²) in [6, 6.07) is 5.74. The number of hydrogen-bond donors (Lipinski definition) is 2. The first-order valence-electron chi connectivity index (χ1n) is 6.22. The number of aliphatic hydroxyl groups is 1. The molecule has 2 nitrogen and oxygen atoms in total. The molecule has 0 aliphatic carbocycles. The van der Waals surface area contributed by atoms with Crippen LogP contribution in [0.25, 0.3) is 0 Å². The zero-order valence-corrected chi connectivity index (χ0v) is 10.9. The summed E-state index contributed by atoms with van der Waals surface area (Å²) in [5, 5.41) is 10.2. The van der Waals surface area contributed by atoms with Crippen molar-refractivity contribution in [3.63, 3.8) is 0 Å². The normalized spacial score (nSPS) is 14.0. The molecule has 6 heteroatoms. The molecule has 2 unspecified atom stereocenters. The number of hydrogen-bond acceptors (Lipinski definition) is 2. The van der Waals surface area contributed by atoms with Crippen LogP contribution in [0, 0.1) is 23.3 Å². The van der Waals surface area contributed by atoms with Crippen molar-refractivity contribution >= 4 is 0 Å². The van der Waals surface area contributed by atoms with E-state index in [2.05, 4.69) is 0 Å². The Morgan fingerprint density at radius 1 is 0.952 bits per heavy atom. The molecule has 0 spiro atoms. The standard InChI is InChI=1S/C15H13F4NO/c16-9-4-8(5-10(17)6-9)11(7-20)15(21)14-12(18)2-1-3-13(14)19/h1-6,11,15,21H,7,20H2. The lowest BCUT2D eigenvalue weighted by atomic mass is 9.88. The average Bonchev–Trinajstić information content (AvgIpc) is 2.38. The van der Waals surface area contributed by atoms with Crippen LogP contribution in [0.4, 0.5) is 17.6 Å². The smallest absolute Gasteiger partial charge is 0.131 e. The summed E-state index contributed by atoms with van der Waals surface area (Å²) in [4.78, 5) is 0. The number of nitrogens with two attached hydrogens (primary N) is 1. The van der Waals surface area contributed by atoms with Crippen LogP contribution in [0.5, 0.6) is 0 Å². The minimum atomic E-state index is -1.66. The molecule has 21 heavy (non-hydrogen) atoms. The molecule has 0 saturated carbocycles. The van der Waals surface area contributed by atoms with Gasteiger partial charge in [0, 0.05) is 18.5 Å². The van der Waals surface area contributed by atoms with Crippen LogP contribution in [0.3, 0.4) is 0 Å². The van der Waals surface area contributed by atoms with E-state index in [-0.39, 0.29) is 12.1 Å². The van der Waals surface area contributed by atoms with Gasteiger partial charge in [-0.05, 0) is 29.8 Å². The van der Waals surface area contributed by atoms with Crippen molar-refractivity contribution in [3.8, 4) is 0 Å². The van der Waals surface area contributed by atoms with E-state index in [0.29, 0.717) is 6.07 Å². The highest BCUT2D eigenvalue weighted by Gasteiger charge is 2.27. The highest BCUT2D eigenvalue weighted by molar-refractivity contribution is 5.30. The average molecular weight is 299 g/mol. The molecule has 2 aromatic carbocycles. The Hall–Kier alpha value is -1.92. The topological polar surface area (TPSA) is 46.2 Å². The Morgan fingerprint density at radius 3 is 1.95 bits per heavy atom. The SMILES string of the molecule is NCC(c1cc(F)cc(F)c1)C(O)c1c(F)cccc1F. The van der Waals surface area contributed by atoms with Gasteiger partial charge in [0.25, 0.3) is 0 Å². The molecule has 112 valence electrons. The van der Waals surface area contributed by atoms with Gasteiger partial charge in [-0.15, -0.1) is 0 Å². The van der Waals surface area contributed by atoms with E-state index >= 15 is 0 Å². The molecular weight excluding hydrogens is 286 g/mol. The summed E-state index contributed by atoms with van der Waals surface area (Å²) in [5.74, 6) is -4.65. The zero-order valence-electron chi connectivity index (χ0n) is 10.9. The molecule has 0 bridgehead atoms. The van der Waals surface area contributed by atoms with Crippen molar-refractivity contribution in [1.82, 2.24) is 0 Å². The molecule has 3 N–H and O–H groups in total. The van der Waals surface area contributed by atoms with Gasteiger partial charge in [0.05, 0.1) is 11.7 Å². The van der Waals surface area contributed by atoms with Crippen molar-refractivity contribution in [3.05, 3.63) is 70.8 Å². The fraction of sp³-hybridized carbons (Fsp3) is 0.200. The molecule has 2 aromatic rings. The molecule has 0 aliphatic heterocycles. The third-order valence-electron chi connectivity index (χ3n) is 3.24. The number of rotatable bonds is 4. The first-order valence-corrected chi connectivity index (χ1v) is 6.22. The van der Waals surface area contributed by atoms with E-state index in [4.69, 9.17) is 5.73 Å². The van der Waals surface area contributed by atoms with Gasteiger partial charge in [-0.1, -0.05) is 6.07 Å². The summed E-state index contributed by atoms with van der Waals surface area (Å²) >= 11 is 0. The fourth-order valence-corrected chi connectivity index (χ4v) is 2.23. The second-order valence-corrected chi connectivity index (χ2v) is 4.63. The summed E-state index contributed by atoms with van der Waals surface area (Å²) in [5.41, 5.74) is 4.95. The van der Waals surface area contributed by atoms with Crippen molar-refractivity contribution in [2.24, 2.45) is 5.73 Å². The van der Waals surface area contributed by atoms with Gasteiger partial charge in [-0.3, -0.25) is 0 Å². The van der Waals surface area contributed by atoms with Gasteiger partial charge in [0.1, 0.15) is 23.3 Å². The Kier molecular flexibility index (Phi) is 4.59. The molecular formula is C15H13F4NO. The fourth-order valence-electron chi connectivity index (χ4n) is 2.23. The Bertz CT molecular complexity index is 607. The maximum absolute atomic E-state index is 13.7. The molecule has 0 amide bonds. The predicted molar refractivity (Wildman–Crippen MR) is 69.5 cm³/mol. The second-order valence-electron chi connectivity index (χ2n) is 4.63. The maximum Gasteiger partial charge on any atom is 0.131 e. The first-order chi connectivity index (χ1) is 9.93. The number of halogens is 4. The lowest BCUT2D eigenvalue weighted by Gasteiger charge is -2.23. The highest BCUT2D eigenvalue weighted by Crippen LogP contribution is 2.33. The van der Waals surface area contributed by atoms with E-state index in [1.807, 2.05) is 0 Å². The molecule has 2 atom stereocenters. The van der Waals surface area contributed by atoms with E-state index in [1.54, 1.807) is 0 Å². The quantitative estimate of drug-likeness (QED) is 0.853. The maximum atomic E-state index is 13.7. The second kappa shape index (κ2) is 6.24. The molecule has 0 fully saturated rings. The third kappa shape index (κ3) is 3.22. The lowest BCUT2D eigenvalue weighted by molar-refractivity contribution is 0.138. The van der Waals surface area contributed by atoms with Crippen LogP contribution in [-0.4, -0.2) is 11.7 Å². The van der Waals surface area contributed by atoms with E-state index < -0.39 is 40.9 Å². The van der Waals surface area contributed by atoms with Crippen LogP contribution in [0.1, 0.15) is 23.1 Å². The van der Waals surface area contributed by atoms with E-state index in [9.17, 15) is 22.7 Å². The van der Waals surface area contributed by atoms with Crippen molar-refractivity contribution < 1.29 is 22.7 Å². The van der Waals surface area contributed by atoms with Crippen molar-refractivity contribution in [1.29, 1.82) is 0 Å². The summed E-state index contributed by atoms with van der Waals surface area (Å²) in [7, 11) is 0. The van der Waals surface area contributed by atoms with Gasteiger partial charge >= 0.3 is 0 Å². The van der Waals surface area contributed by atoms with Gasteiger partial charge in [-0.25, -0.2) is 17.6 Å². The van der Waals surface area contributed by atoms with E-state index in [0.717, 1.165) is 30.3 Å². The molecule has 0 heterocycles.